The summed E-state index contributed by atoms with van der Waals surface area (Å²) in [4.78, 5) is 9.68. The predicted octanol–water partition coefficient (Wildman–Crippen LogP) is 2.73. The Labute approximate surface area is 112 Å². The van der Waals surface area contributed by atoms with Crippen LogP contribution in [0.3, 0.4) is 0 Å². The predicted molar refractivity (Wildman–Crippen MR) is 75.2 cm³/mol. The first kappa shape index (κ1) is 12.5. The highest BCUT2D eigenvalue weighted by atomic mass is 79.9. The smallest absolute Gasteiger partial charge is 0.222 e. The third kappa shape index (κ3) is 3.24. The van der Waals surface area contributed by atoms with Crippen LogP contribution >= 0.6 is 27.3 Å². The molecular formula is C11H13BrN4S. The molecule has 2 aromatic heterocycles. The van der Waals surface area contributed by atoms with Crippen molar-refractivity contribution in [1.82, 2.24) is 9.97 Å². The molecule has 2 rings (SSSR count). The molecule has 17 heavy (non-hydrogen) atoms. The van der Waals surface area contributed by atoms with Crippen molar-refractivity contribution in [3.63, 3.8) is 0 Å². The van der Waals surface area contributed by atoms with Crippen molar-refractivity contribution in [3.8, 4) is 10.4 Å². The summed E-state index contributed by atoms with van der Waals surface area (Å²) < 4.78 is 1.08. The third-order valence-corrected chi connectivity index (χ3v) is 3.97. The van der Waals surface area contributed by atoms with E-state index in [2.05, 4.69) is 37.3 Å². The molecule has 0 aromatic carbocycles. The molecule has 0 aliphatic carbocycles. The summed E-state index contributed by atoms with van der Waals surface area (Å²) in [6.45, 7) is 2.55. The molecule has 0 spiro atoms. The van der Waals surface area contributed by atoms with Gasteiger partial charge in [-0.1, -0.05) is 0 Å². The van der Waals surface area contributed by atoms with Crippen LogP contribution in [0, 0.1) is 0 Å². The lowest BCUT2D eigenvalue weighted by Crippen LogP contribution is -2.26. The van der Waals surface area contributed by atoms with Crippen molar-refractivity contribution in [3.05, 3.63) is 28.3 Å². The maximum Gasteiger partial charge on any atom is 0.222 e. The number of nitrogens with zero attached hydrogens (tertiary/aromatic N) is 2. The monoisotopic (exact) mass is 312 g/mol. The summed E-state index contributed by atoms with van der Waals surface area (Å²) in [6.07, 6.45) is 3.63. The van der Waals surface area contributed by atoms with Crippen LogP contribution in [0.25, 0.3) is 10.4 Å². The minimum absolute atomic E-state index is 0.178. The molecule has 0 saturated carbocycles. The van der Waals surface area contributed by atoms with E-state index in [4.69, 9.17) is 5.73 Å². The number of rotatable bonds is 4. The molecule has 0 amide bonds. The van der Waals surface area contributed by atoms with Crippen LogP contribution in [0.5, 0.6) is 0 Å². The highest BCUT2D eigenvalue weighted by molar-refractivity contribution is 9.10. The van der Waals surface area contributed by atoms with Crippen LogP contribution in [-0.4, -0.2) is 22.6 Å². The van der Waals surface area contributed by atoms with Gasteiger partial charge in [0.2, 0.25) is 5.95 Å². The van der Waals surface area contributed by atoms with E-state index in [-0.39, 0.29) is 6.04 Å². The number of aromatic nitrogens is 2. The summed E-state index contributed by atoms with van der Waals surface area (Å²) in [5, 5.41) is 5.16. The number of thiophene rings is 1. The lowest BCUT2D eigenvalue weighted by atomic mass is 10.3. The quantitative estimate of drug-likeness (QED) is 0.911. The molecule has 0 fully saturated rings. The number of halogens is 1. The van der Waals surface area contributed by atoms with Crippen molar-refractivity contribution in [2.45, 2.75) is 13.0 Å². The molecule has 0 aliphatic rings. The Morgan fingerprint density at radius 2 is 2.18 bits per heavy atom. The van der Waals surface area contributed by atoms with E-state index in [9.17, 15) is 0 Å². The molecule has 4 nitrogen and oxygen atoms in total. The first-order valence-corrected chi connectivity index (χ1v) is 6.89. The van der Waals surface area contributed by atoms with E-state index in [1.165, 1.54) is 0 Å². The number of hydrogen-bond donors (Lipinski definition) is 2. The SMILES string of the molecule is CC(CN)Nc1ncc(-c2cc(Br)cs2)cn1. The average Bonchev–Trinajstić information content (AvgIpc) is 2.77. The second-order valence-corrected chi connectivity index (χ2v) is 5.53. The highest BCUT2D eigenvalue weighted by Crippen LogP contribution is 2.29. The van der Waals surface area contributed by atoms with E-state index < -0.39 is 0 Å². The molecule has 0 bridgehead atoms. The molecule has 1 atom stereocenters. The van der Waals surface area contributed by atoms with Gasteiger partial charge < -0.3 is 11.1 Å². The van der Waals surface area contributed by atoms with Crippen LogP contribution in [0.2, 0.25) is 0 Å². The zero-order valence-corrected chi connectivity index (χ0v) is 11.8. The standard InChI is InChI=1S/C11H13BrN4S/c1-7(3-13)16-11-14-4-8(5-15-11)10-2-9(12)6-17-10/h2,4-7H,3,13H2,1H3,(H,14,15,16). The van der Waals surface area contributed by atoms with Gasteiger partial charge in [-0.15, -0.1) is 11.3 Å². The zero-order chi connectivity index (χ0) is 12.3. The maximum absolute atomic E-state index is 5.52. The minimum Gasteiger partial charge on any atom is -0.351 e. The lowest BCUT2D eigenvalue weighted by molar-refractivity contribution is 0.790. The number of nitrogens with one attached hydrogen (secondary N) is 1. The Hall–Kier alpha value is -0.980. The molecule has 0 radical (unpaired) electrons. The molecule has 6 heteroatoms. The van der Waals surface area contributed by atoms with Gasteiger partial charge in [-0.25, -0.2) is 9.97 Å². The van der Waals surface area contributed by atoms with E-state index in [0.29, 0.717) is 12.5 Å². The van der Waals surface area contributed by atoms with Crippen LogP contribution in [0.4, 0.5) is 5.95 Å². The minimum atomic E-state index is 0.178. The number of anilines is 1. The lowest BCUT2D eigenvalue weighted by Gasteiger charge is -2.10. The molecule has 1 unspecified atom stereocenters. The van der Waals surface area contributed by atoms with E-state index >= 15 is 0 Å². The normalized spacial score (nSPS) is 12.4. The van der Waals surface area contributed by atoms with Crippen LogP contribution < -0.4 is 11.1 Å². The van der Waals surface area contributed by atoms with Crippen molar-refractivity contribution in [1.29, 1.82) is 0 Å². The van der Waals surface area contributed by atoms with Gasteiger partial charge in [-0.3, -0.25) is 0 Å². The van der Waals surface area contributed by atoms with E-state index in [1.54, 1.807) is 11.3 Å². The summed E-state index contributed by atoms with van der Waals surface area (Å²) in [5.74, 6) is 0.613. The molecule has 0 aliphatic heterocycles. The molecule has 2 aromatic rings. The fraction of sp³-hybridized carbons (Fsp3) is 0.273. The van der Waals surface area contributed by atoms with Crippen molar-refractivity contribution in [2.75, 3.05) is 11.9 Å². The van der Waals surface area contributed by atoms with Crippen molar-refractivity contribution < 1.29 is 0 Å². The summed E-state index contributed by atoms with van der Waals surface area (Å²) in [7, 11) is 0. The van der Waals surface area contributed by atoms with Gasteiger partial charge in [-0.2, -0.15) is 0 Å². The van der Waals surface area contributed by atoms with Gasteiger partial charge in [0, 0.05) is 45.3 Å². The Morgan fingerprint density at radius 3 is 2.71 bits per heavy atom. The van der Waals surface area contributed by atoms with Crippen molar-refractivity contribution >= 4 is 33.2 Å². The Bertz CT molecular complexity index is 482. The summed E-state index contributed by atoms with van der Waals surface area (Å²) in [5.41, 5.74) is 6.54. The van der Waals surface area contributed by atoms with Gasteiger partial charge in [0.15, 0.2) is 0 Å². The van der Waals surface area contributed by atoms with Gasteiger partial charge in [0.05, 0.1) is 0 Å². The topological polar surface area (TPSA) is 63.8 Å². The summed E-state index contributed by atoms with van der Waals surface area (Å²) in [6, 6.07) is 2.23. The first-order valence-electron chi connectivity index (χ1n) is 5.22. The van der Waals surface area contributed by atoms with Gasteiger partial charge >= 0.3 is 0 Å². The van der Waals surface area contributed by atoms with Gasteiger partial charge in [0.1, 0.15) is 0 Å². The first-order chi connectivity index (χ1) is 8.19. The molecule has 3 N–H and O–H groups in total. The molecule has 0 saturated heterocycles. The van der Waals surface area contributed by atoms with Gasteiger partial charge in [0.25, 0.3) is 0 Å². The van der Waals surface area contributed by atoms with Crippen LogP contribution in [0.1, 0.15) is 6.92 Å². The largest absolute Gasteiger partial charge is 0.351 e. The Morgan fingerprint density at radius 1 is 1.47 bits per heavy atom. The average molecular weight is 313 g/mol. The second kappa shape index (κ2) is 5.57. The van der Waals surface area contributed by atoms with E-state index in [1.807, 2.05) is 24.7 Å². The van der Waals surface area contributed by atoms with E-state index in [0.717, 1.165) is 14.9 Å². The maximum atomic E-state index is 5.52. The second-order valence-electron chi connectivity index (χ2n) is 3.71. The highest BCUT2D eigenvalue weighted by Gasteiger charge is 2.04. The Balaban J connectivity index is 2.13. The third-order valence-electron chi connectivity index (χ3n) is 2.23. The summed E-state index contributed by atoms with van der Waals surface area (Å²) >= 11 is 5.09. The number of hydrogen-bond acceptors (Lipinski definition) is 5. The fourth-order valence-electron chi connectivity index (χ4n) is 1.27. The van der Waals surface area contributed by atoms with Crippen LogP contribution in [-0.2, 0) is 0 Å². The fourth-order valence-corrected chi connectivity index (χ4v) is 2.68. The molecular weight excluding hydrogens is 300 g/mol. The zero-order valence-electron chi connectivity index (χ0n) is 9.35. The van der Waals surface area contributed by atoms with Gasteiger partial charge in [-0.05, 0) is 28.9 Å². The molecule has 90 valence electrons. The number of nitrogens with two attached hydrogens (primary N) is 1. The van der Waals surface area contributed by atoms with Crippen molar-refractivity contribution in [2.24, 2.45) is 5.73 Å². The molecule has 2 heterocycles. The Kier molecular flexibility index (Phi) is 4.09. The van der Waals surface area contributed by atoms with Crippen LogP contribution in [0.15, 0.2) is 28.3 Å².